The third-order valence-electron chi connectivity index (χ3n) is 1.91. The molecule has 80 valence electrons. The van der Waals surface area contributed by atoms with Crippen molar-refractivity contribution in [1.82, 2.24) is 19.7 Å². The summed E-state index contributed by atoms with van der Waals surface area (Å²) in [5.74, 6) is 0.254. The number of amides is 1. The molecule has 0 bridgehead atoms. The molecule has 15 heavy (non-hydrogen) atoms. The first-order valence-electron chi connectivity index (χ1n) is 4.63. The van der Waals surface area contributed by atoms with Crippen LogP contribution in [0.5, 0.6) is 0 Å². The minimum atomic E-state index is 0.0932. The Hall–Kier alpha value is -1.90. The molecule has 0 fully saturated rings. The Balaban J connectivity index is 2.32. The summed E-state index contributed by atoms with van der Waals surface area (Å²) < 4.78 is 1.57. The molecule has 0 aliphatic carbocycles. The van der Waals surface area contributed by atoms with Crippen LogP contribution in [0.1, 0.15) is 18.7 Å². The monoisotopic (exact) mass is 207 g/mol. The molecule has 0 N–H and O–H groups in total. The Labute approximate surface area is 88.1 Å². The Morgan fingerprint density at radius 2 is 2.40 bits per heavy atom. The maximum absolute atomic E-state index is 11.2. The predicted molar refractivity (Wildman–Crippen MR) is 52.7 cm³/mol. The quantitative estimate of drug-likeness (QED) is 0.697. The van der Waals surface area contributed by atoms with Crippen LogP contribution in [0.2, 0.25) is 0 Å². The van der Waals surface area contributed by atoms with Crippen molar-refractivity contribution in [2.45, 2.75) is 19.4 Å². The van der Waals surface area contributed by atoms with Crippen LogP contribution >= 0.6 is 0 Å². The number of aryl methyl sites for hydroxylation is 1. The number of rotatable bonds is 4. The Bertz CT molecular complexity index is 376. The second-order valence-electron chi connectivity index (χ2n) is 3.33. The van der Waals surface area contributed by atoms with Gasteiger partial charge in [0.25, 0.3) is 5.82 Å². The van der Waals surface area contributed by atoms with E-state index in [0.717, 1.165) is 0 Å². The molecular weight excluding hydrogens is 194 g/mol. The van der Waals surface area contributed by atoms with Crippen molar-refractivity contribution in [2.24, 2.45) is 0 Å². The second kappa shape index (κ2) is 5.10. The van der Waals surface area contributed by atoms with Gasteiger partial charge in [0.1, 0.15) is 12.4 Å². The van der Waals surface area contributed by atoms with Crippen molar-refractivity contribution in [2.75, 3.05) is 14.1 Å². The van der Waals surface area contributed by atoms with Gasteiger partial charge < -0.3 is 4.90 Å². The van der Waals surface area contributed by atoms with Crippen LogP contribution < -0.4 is 0 Å². The third kappa shape index (κ3) is 3.38. The highest BCUT2D eigenvalue weighted by Gasteiger charge is 2.04. The van der Waals surface area contributed by atoms with E-state index in [9.17, 15) is 4.79 Å². The summed E-state index contributed by atoms with van der Waals surface area (Å²) in [6.07, 6.45) is 2.68. The molecule has 1 rings (SSSR count). The third-order valence-corrected chi connectivity index (χ3v) is 1.91. The van der Waals surface area contributed by atoms with E-state index in [-0.39, 0.29) is 11.7 Å². The van der Waals surface area contributed by atoms with Crippen LogP contribution in [0.25, 0.3) is 0 Å². The van der Waals surface area contributed by atoms with Gasteiger partial charge in [0.05, 0.1) is 0 Å². The normalized spacial score (nSPS) is 9.67. The fourth-order valence-corrected chi connectivity index (χ4v) is 1.07. The number of aromatic nitrogens is 3. The highest BCUT2D eigenvalue weighted by atomic mass is 16.2. The highest BCUT2D eigenvalue weighted by Crippen LogP contribution is 1.97. The van der Waals surface area contributed by atoms with Crippen molar-refractivity contribution in [3.8, 4) is 6.07 Å². The topological polar surface area (TPSA) is 74.8 Å². The molecule has 0 saturated heterocycles. The highest BCUT2D eigenvalue weighted by molar-refractivity contribution is 5.75. The van der Waals surface area contributed by atoms with Gasteiger partial charge in [-0.15, -0.1) is 5.10 Å². The standard InChI is InChI=1S/C9H13N5O/c1-13(2)9(15)4-3-5-14-7-11-8(6-10)12-14/h7H,3-5H2,1-2H3. The molecule has 1 heterocycles. The zero-order valence-corrected chi connectivity index (χ0v) is 8.84. The zero-order chi connectivity index (χ0) is 11.3. The molecular formula is C9H13N5O. The molecule has 0 spiro atoms. The maximum atomic E-state index is 11.2. The summed E-state index contributed by atoms with van der Waals surface area (Å²) in [5, 5.41) is 12.4. The van der Waals surface area contributed by atoms with Crippen LogP contribution in [-0.4, -0.2) is 39.7 Å². The van der Waals surface area contributed by atoms with Crippen molar-refractivity contribution in [3.05, 3.63) is 12.2 Å². The Kier molecular flexibility index (Phi) is 3.80. The average Bonchev–Trinajstić information content (AvgIpc) is 2.65. The summed E-state index contributed by atoms with van der Waals surface area (Å²) in [4.78, 5) is 16.5. The first-order chi connectivity index (χ1) is 7.13. The summed E-state index contributed by atoms with van der Waals surface area (Å²) in [5.41, 5.74) is 0. The van der Waals surface area contributed by atoms with Gasteiger partial charge in [-0.05, 0) is 6.42 Å². The molecule has 0 saturated carbocycles. The molecule has 6 nitrogen and oxygen atoms in total. The zero-order valence-electron chi connectivity index (χ0n) is 8.84. The summed E-state index contributed by atoms with van der Waals surface area (Å²) in [6.45, 7) is 0.605. The molecule has 0 unspecified atom stereocenters. The van der Waals surface area contributed by atoms with Gasteiger partial charge in [0, 0.05) is 27.1 Å². The van der Waals surface area contributed by atoms with E-state index >= 15 is 0 Å². The molecule has 0 radical (unpaired) electrons. The number of nitriles is 1. The van der Waals surface area contributed by atoms with E-state index in [2.05, 4.69) is 10.1 Å². The van der Waals surface area contributed by atoms with Gasteiger partial charge in [-0.2, -0.15) is 5.26 Å². The van der Waals surface area contributed by atoms with Crippen LogP contribution in [0, 0.1) is 11.3 Å². The predicted octanol–water partition coefficient (Wildman–Crippen LogP) is 0.0182. The first kappa shape index (κ1) is 11.2. The number of nitrogens with zero attached hydrogens (tertiary/aromatic N) is 5. The Morgan fingerprint density at radius 3 is 2.93 bits per heavy atom. The van der Waals surface area contributed by atoms with E-state index in [1.54, 1.807) is 23.7 Å². The van der Waals surface area contributed by atoms with Crippen molar-refractivity contribution in [1.29, 1.82) is 5.26 Å². The van der Waals surface area contributed by atoms with Crippen LogP contribution in [0.3, 0.4) is 0 Å². The number of hydrogen-bond donors (Lipinski definition) is 0. The molecule has 0 aromatic carbocycles. The second-order valence-corrected chi connectivity index (χ2v) is 3.33. The fourth-order valence-electron chi connectivity index (χ4n) is 1.07. The Morgan fingerprint density at radius 1 is 1.67 bits per heavy atom. The van der Waals surface area contributed by atoms with E-state index in [0.29, 0.717) is 19.4 Å². The van der Waals surface area contributed by atoms with Gasteiger partial charge in [-0.25, -0.2) is 4.98 Å². The van der Waals surface area contributed by atoms with Gasteiger partial charge in [-0.3, -0.25) is 9.48 Å². The molecule has 1 aromatic rings. The number of hydrogen-bond acceptors (Lipinski definition) is 4. The van der Waals surface area contributed by atoms with Crippen molar-refractivity contribution in [3.63, 3.8) is 0 Å². The molecule has 1 aromatic heterocycles. The van der Waals surface area contributed by atoms with E-state index in [4.69, 9.17) is 5.26 Å². The maximum Gasteiger partial charge on any atom is 0.252 e. The lowest BCUT2D eigenvalue weighted by atomic mass is 10.3. The van der Waals surface area contributed by atoms with Gasteiger partial charge in [-0.1, -0.05) is 0 Å². The lowest BCUT2D eigenvalue weighted by Crippen LogP contribution is -2.21. The minimum Gasteiger partial charge on any atom is -0.349 e. The molecule has 1 amide bonds. The van der Waals surface area contributed by atoms with Gasteiger partial charge >= 0.3 is 0 Å². The molecule has 0 aliphatic heterocycles. The van der Waals surface area contributed by atoms with Crippen LogP contribution in [-0.2, 0) is 11.3 Å². The lowest BCUT2D eigenvalue weighted by Gasteiger charge is -2.09. The summed E-state index contributed by atoms with van der Waals surface area (Å²) >= 11 is 0. The summed E-state index contributed by atoms with van der Waals surface area (Å²) in [6, 6.07) is 1.85. The van der Waals surface area contributed by atoms with E-state index in [1.807, 2.05) is 6.07 Å². The SMILES string of the molecule is CN(C)C(=O)CCCn1cnc(C#N)n1. The van der Waals surface area contributed by atoms with Gasteiger partial charge in [0.15, 0.2) is 0 Å². The van der Waals surface area contributed by atoms with Crippen molar-refractivity contribution >= 4 is 5.91 Å². The molecule has 0 aliphatic rings. The van der Waals surface area contributed by atoms with Crippen LogP contribution in [0.15, 0.2) is 6.33 Å². The number of carbonyl (C=O) groups excluding carboxylic acids is 1. The lowest BCUT2D eigenvalue weighted by molar-refractivity contribution is -0.128. The largest absolute Gasteiger partial charge is 0.349 e. The molecule has 0 atom stereocenters. The van der Waals surface area contributed by atoms with E-state index in [1.165, 1.54) is 6.33 Å². The average molecular weight is 207 g/mol. The van der Waals surface area contributed by atoms with Gasteiger partial charge in [0.2, 0.25) is 5.91 Å². The minimum absolute atomic E-state index is 0.0932. The van der Waals surface area contributed by atoms with Crippen molar-refractivity contribution < 1.29 is 4.79 Å². The van der Waals surface area contributed by atoms with E-state index < -0.39 is 0 Å². The smallest absolute Gasteiger partial charge is 0.252 e. The molecule has 6 heteroatoms. The van der Waals surface area contributed by atoms with Crippen LogP contribution in [0.4, 0.5) is 0 Å². The number of carbonyl (C=O) groups is 1. The first-order valence-corrected chi connectivity index (χ1v) is 4.63. The fraction of sp³-hybridized carbons (Fsp3) is 0.556. The summed E-state index contributed by atoms with van der Waals surface area (Å²) in [7, 11) is 3.46.